The molecule has 0 saturated carbocycles. The van der Waals surface area contributed by atoms with Gasteiger partial charge in [-0.2, -0.15) is 5.10 Å². The maximum Gasteiger partial charge on any atom is 0.290 e. The van der Waals surface area contributed by atoms with Crippen molar-refractivity contribution in [3.8, 4) is 0 Å². The summed E-state index contributed by atoms with van der Waals surface area (Å²) in [6.07, 6.45) is 2.27. The van der Waals surface area contributed by atoms with Gasteiger partial charge < -0.3 is 4.90 Å². The van der Waals surface area contributed by atoms with Crippen LogP contribution >= 0.6 is 0 Å². The molecular formula is C7H12N4O. The first-order valence-corrected chi connectivity index (χ1v) is 3.86. The van der Waals surface area contributed by atoms with Crippen molar-refractivity contribution in [2.75, 3.05) is 13.6 Å². The minimum atomic E-state index is -0.116. The van der Waals surface area contributed by atoms with Crippen LogP contribution in [0.4, 0.5) is 0 Å². The molecule has 0 unspecified atom stereocenters. The standard InChI is InChI=1S/C7H12N4O/c1-3-4-11(2)7(12)6-8-5-9-10-6/h5H,3-4H2,1-2H3,(H,8,9,10). The Balaban J connectivity index is 2.59. The number of carbonyl (C=O) groups is 1. The first-order valence-electron chi connectivity index (χ1n) is 3.86. The molecule has 1 heterocycles. The molecule has 1 N–H and O–H groups in total. The first-order chi connectivity index (χ1) is 5.75. The summed E-state index contributed by atoms with van der Waals surface area (Å²) in [6, 6.07) is 0. The summed E-state index contributed by atoms with van der Waals surface area (Å²) in [4.78, 5) is 16.8. The molecule has 0 aliphatic rings. The van der Waals surface area contributed by atoms with Gasteiger partial charge in [0, 0.05) is 13.6 Å². The van der Waals surface area contributed by atoms with E-state index < -0.39 is 0 Å². The van der Waals surface area contributed by atoms with E-state index in [0.717, 1.165) is 13.0 Å². The van der Waals surface area contributed by atoms with Crippen molar-refractivity contribution in [2.24, 2.45) is 0 Å². The van der Waals surface area contributed by atoms with Crippen molar-refractivity contribution >= 4 is 5.91 Å². The third-order valence-corrected chi connectivity index (χ3v) is 1.52. The molecule has 0 aromatic carbocycles. The molecule has 0 fully saturated rings. The van der Waals surface area contributed by atoms with Crippen molar-refractivity contribution in [1.82, 2.24) is 20.1 Å². The molecule has 1 rings (SSSR count). The zero-order valence-corrected chi connectivity index (χ0v) is 7.24. The van der Waals surface area contributed by atoms with Crippen molar-refractivity contribution in [3.63, 3.8) is 0 Å². The van der Waals surface area contributed by atoms with Gasteiger partial charge in [-0.15, -0.1) is 0 Å². The van der Waals surface area contributed by atoms with Gasteiger partial charge in [-0.3, -0.25) is 9.89 Å². The van der Waals surface area contributed by atoms with E-state index in [1.165, 1.54) is 6.33 Å². The van der Waals surface area contributed by atoms with Gasteiger partial charge in [-0.05, 0) is 6.42 Å². The quantitative estimate of drug-likeness (QED) is 0.705. The molecule has 0 radical (unpaired) electrons. The fourth-order valence-corrected chi connectivity index (χ4v) is 0.926. The molecule has 66 valence electrons. The lowest BCUT2D eigenvalue weighted by molar-refractivity contribution is 0.0783. The summed E-state index contributed by atoms with van der Waals surface area (Å²) in [7, 11) is 1.74. The number of amides is 1. The average Bonchev–Trinajstić information content (AvgIpc) is 2.55. The predicted molar refractivity (Wildman–Crippen MR) is 43.6 cm³/mol. The summed E-state index contributed by atoms with van der Waals surface area (Å²) >= 11 is 0. The van der Waals surface area contributed by atoms with Crippen molar-refractivity contribution in [3.05, 3.63) is 12.2 Å². The van der Waals surface area contributed by atoms with Gasteiger partial charge in [0.15, 0.2) is 0 Å². The van der Waals surface area contributed by atoms with Crippen LogP contribution in [0.5, 0.6) is 0 Å². The number of aromatic nitrogens is 3. The Morgan fingerprint density at radius 3 is 3.00 bits per heavy atom. The zero-order valence-electron chi connectivity index (χ0n) is 7.24. The highest BCUT2D eigenvalue weighted by Gasteiger charge is 2.12. The normalized spacial score (nSPS) is 9.83. The molecule has 1 amide bonds. The maximum absolute atomic E-state index is 11.4. The smallest absolute Gasteiger partial charge is 0.290 e. The van der Waals surface area contributed by atoms with E-state index >= 15 is 0 Å². The fraction of sp³-hybridized carbons (Fsp3) is 0.571. The fourth-order valence-electron chi connectivity index (χ4n) is 0.926. The molecule has 12 heavy (non-hydrogen) atoms. The Kier molecular flexibility index (Phi) is 2.79. The molecule has 0 bridgehead atoms. The summed E-state index contributed by atoms with van der Waals surface area (Å²) in [5.74, 6) is 0.181. The monoisotopic (exact) mass is 168 g/mol. The van der Waals surface area contributed by atoms with Gasteiger partial charge in [0.1, 0.15) is 6.33 Å². The van der Waals surface area contributed by atoms with Crippen LogP contribution < -0.4 is 0 Å². The minimum Gasteiger partial charge on any atom is -0.339 e. The third kappa shape index (κ3) is 1.81. The average molecular weight is 168 g/mol. The maximum atomic E-state index is 11.4. The number of H-pyrrole nitrogens is 1. The molecule has 5 heteroatoms. The number of aromatic amines is 1. The van der Waals surface area contributed by atoms with Crippen LogP contribution in [0.2, 0.25) is 0 Å². The third-order valence-electron chi connectivity index (χ3n) is 1.52. The number of carbonyl (C=O) groups excluding carboxylic acids is 1. The Morgan fingerprint density at radius 1 is 1.75 bits per heavy atom. The second-order valence-electron chi connectivity index (χ2n) is 2.56. The van der Waals surface area contributed by atoms with E-state index in [1.54, 1.807) is 11.9 Å². The van der Waals surface area contributed by atoms with E-state index in [-0.39, 0.29) is 5.91 Å². The van der Waals surface area contributed by atoms with Crippen LogP contribution in [0.1, 0.15) is 24.0 Å². The van der Waals surface area contributed by atoms with Crippen molar-refractivity contribution in [1.29, 1.82) is 0 Å². The van der Waals surface area contributed by atoms with Crippen LogP contribution in [0.3, 0.4) is 0 Å². The largest absolute Gasteiger partial charge is 0.339 e. The number of hydrogen-bond donors (Lipinski definition) is 1. The topological polar surface area (TPSA) is 61.9 Å². The Bertz CT molecular complexity index is 244. The number of hydrogen-bond acceptors (Lipinski definition) is 3. The van der Waals surface area contributed by atoms with Crippen molar-refractivity contribution in [2.45, 2.75) is 13.3 Å². The highest BCUT2D eigenvalue weighted by Crippen LogP contribution is 1.95. The van der Waals surface area contributed by atoms with E-state index in [2.05, 4.69) is 15.2 Å². The predicted octanol–water partition coefficient (Wildman–Crippen LogP) is 0.287. The number of nitrogens with one attached hydrogen (secondary N) is 1. The second kappa shape index (κ2) is 3.85. The highest BCUT2D eigenvalue weighted by molar-refractivity contribution is 5.90. The van der Waals surface area contributed by atoms with Crippen LogP contribution in [0.15, 0.2) is 6.33 Å². The second-order valence-corrected chi connectivity index (χ2v) is 2.56. The first kappa shape index (κ1) is 8.70. The van der Waals surface area contributed by atoms with E-state index in [9.17, 15) is 4.79 Å². The van der Waals surface area contributed by atoms with Gasteiger partial charge in [0.05, 0.1) is 0 Å². The Hall–Kier alpha value is -1.39. The summed E-state index contributed by atoms with van der Waals surface area (Å²) in [6.45, 7) is 2.75. The van der Waals surface area contributed by atoms with Crippen LogP contribution in [-0.4, -0.2) is 39.6 Å². The number of nitrogens with zero attached hydrogens (tertiary/aromatic N) is 3. The van der Waals surface area contributed by atoms with Gasteiger partial charge in [-0.25, -0.2) is 4.98 Å². The van der Waals surface area contributed by atoms with E-state index in [0.29, 0.717) is 5.82 Å². The molecule has 5 nitrogen and oxygen atoms in total. The van der Waals surface area contributed by atoms with Gasteiger partial charge in [0.2, 0.25) is 5.82 Å². The minimum absolute atomic E-state index is 0.116. The number of rotatable bonds is 3. The van der Waals surface area contributed by atoms with Crippen LogP contribution in [-0.2, 0) is 0 Å². The molecule has 0 spiro atoms. The van der Waals surface area contributed by atoms with Gasteiger partial charge in [-0.1, -0.05) is 6.92 Å². The molecule has 0 aliphatic carbocycles. The van der Waals surface area contributed by atoms with Crippen LogP contribution in [0.25, 0.3) is 0 Å². The molecule has 0 saturated heterocycles. The molecule has 1 aromatic rings. The summed E-state index contributed by atoms with van der Waals surface area (Å²) < 4.78 is 0. The van der Waals surface area contributed by atoms with E-state index in [4.69, 9.17) is 0 Å². The molecule has 0 atom stereocenters. The lowest BCUT2D eigenvalue weighted by Gasteiger charge is -2.13. The Labute approximate surface area is 70.8 Å². The van der Waals surface area contributed by atoms with Crippen LogP contribution in [0, 0.1) is 0 Å². The van der Waals surface area contributed by atoms with Gasteiger partial charge >= 0.3 is 0 Å². The lowest BCUT2D eigenvalue weighted by atomic mass is 10.4. The molecule has 0 aliphatic heterocycles. The van der Waals surface area contributed by atoms with Crippen molar-refractivity contribution < 1.29 is 4.79 Å². The van der Waals surface area contributed by atoms with E-state index in [1.807, 2.05) is 6.92 Å². The molecular weight excluding hydrogens is 156 g/mol. The SMILES string of the molecule is CCCN(C)C(=O)c1ncn[nH]1. The molecule has 1 aromatic heterocycles. The summed E-state index contributed by atoms with van der Waals surface area (Å²) in [5.41, 5.74) is 0. The summed E-state index contributed by atoms with van der Waals surface area (Å²) in [5, 5.41) is 6.13. The highest BCUT2D eigenvalue weighted by atomic mass is 16.2. The zero-order chi connectivity index (χ0) is 8.97. The Morgan fingerprint density at radius 2 is 2.50 bits per heavy atom. The lowest BCUT2D eigenvalue weighted by Crippen LogP contribution is -2.28. The van der Waals surface area contributed by atoms with Gasteiger partial charge in [0.25, 0.3) is 5.91 Å².